The average molecular weight is 480 g/mol. The van der Waals surface area contributed by atoms with Crippen molar-refractivity contribution >= 4 is 58.0 Å². The maximum Gasteiger partial charge on any atom is 0.283 e. The number of anilines is 3. The first-order valence-electron chi connectivity index (χ1n) is 10.1. The number of amides is 3. The van der Waals surface area contributed by atoms with Gasteiger partial charge in [0.1, 0.15) is 10.7 Å². The van der Waals surface area contributed by atoms with E-state index in [2.05, 4.69) is 10.6 Å². The van der Waals surface area contributed by atoms with E-state index in [1.807, 2.05) is 19.9 Å². The Morgan fingerprint density at radius 1 is 0.879 bits per heavy atom. The number of halogens is 2. The molecule has 0 saturated carbocycles. The highest BCUT2D eigenvalue weighted by Crippen LogP contribution is 2.33. The summed E-state index contributed by atoms with van der Waals surface area (Å²) in [7, 11) is 0. The minimum atomic E-state index is -0.606. The van der Waals surface area contributed by atoms with Crippen LogP contribution in [0.1, 0.15) is 21.5 Å². The number of benzene rings is 3. The maximum absolute atomic E-state index is 13.1. The summed E-state index contributed by atoms with van der Waals surface area (Å²) in [5.74, 6) is -1.55. The first-order chi connectivity index (χ1) is 15.8. The zero-order valence-electron chi connectivity index (χ0n) is 17.8. The van der Waals surface area contributed by atoms with Gasteiger partial charge in [-0.15, -0.1) is 0 Å². The summed E-state index contributed by atoms with van der Waals surface area (Å²) in [6.45, 7) is 3.74. The molecule has 0 radical (unpaired) electrons. The Morgan fingerprint density at radius 3 is 2.36 bits per heavy atom. The fourth-order valence-electron chi connectivity index (χ4n) is 3.45. The van der Waals surface area contributed by atoms with E-state index in [4.69, 9.17) is 23.2 Å². The average Bonchev–Trinajstić information content (AvgIpc) is 3.00. The van der Waals surface area contributed by atoms with Crippen LogP contribution in [0.4, 0.5) is 17.1 Å². The van der Waals surface area contributed by atoms with Gasteiger partial charge in [-0.2, -0.15) is 0 Å². The molecule has 3 aromatic carbocycles. The van der Waals surface area contributed by atoms with Gasteiger partial charge in [0.05, 0.1) is 16.4 Å². The maximum atomic E-state index is 13.1. The van der Waals surface area contributed by atoms with Crippen molar-refractivity contribution in [3.63, 3.8) is 0 Å². The molecule has 4 rings (SSSR count). The van der Waals surface area contributed by atoms with Crippen LogP contribution in [0, 0.1) is 13.8 Å². The normalized spacial score (nSPS) is 13.5. The minimum absolute atomic E-state index is 0.0498. The fraction of sp³-hybridized carbons (Fsp3) is 0.0800. The molecule has 3 amide bonds. The molecule has 0 bridgehead atoms. The second kappa shape index (κ2) is 9.10. The van der Waals surface area contributed by atoms with Crippen LogP contribution in [-0.4, -0.2) is 17.7 Å². The van der Waals surface area contributed by atoms with Gasteiger partial charge in [-0.05, 0) is 61.4 Å². The second-order valence-electron chi connectivity index (χ2n) is 7.49. The predicted octanol–water partition coefficient (Wildman–Crippen LogP) is 5.64. The molecule has 3 aromatic rings. The second-order valence-corrected chi connectivity index (χ2v) is 8.28. The number of hydrogen-bond donors (Lipinski definition) is 2. The molecular weight excluding hydrogens is 461 g/mol. The lowest BCUT2D eigenvalue weighted by atomic mass is 10.1. The monoisotopic (exact) mass is 479 g/mol. The zero-order chi connectivity index (χ0) is 23.7. The molecule has 0 fully saturated rings. The number of aryl methyl sites for hydroxylation is 1. The van der Waals surface area contributed by atoms with E-state index in [9.17, 15) is 14.4 Å². The van der Waals surface area contributed by atoms with Crippen molar-refractivity contribution in [3.05, 3.63) is 99.2 Å². The van der Waals surface area contributed by atoms with E-state index in [0.29, 0.717) is 27.6 Å². The highest BCUT2D eigenvalue weighted by Gasteiger charge is 2.39. The Morgan fingerprint density at radius 2 is 1.61 bits per heavy atom. The molecule has 0 unspecified atom stereocenters. The minimum Gasteiger partial charge on any atom is -0.350 e. The van der Waals surface area contributed by atoms with Crippen molar-refractivity contribution in [1.29, 1.82) is 0 Å². The molecule has 166 valence electrons. The molecule has 1 aliphatic heterocycles. The third-order valence-electron chi connectivity index (χ3n) is 5.36. The molecule has 0 spiro atoms. The highest BCUT2D eigenvalue weighted by atomic mass is 35.5. The molecular formula is C25H19Cl2N3O3. The van der Waals surface area contributed by atoms with E-state index in [1.54, 1.807) is 60.7 Å². The van der Waals surface area contributed by atoms with E-state index in [-0.39, 0.29) is 16.6 Å². The standard InChI is InChI=1S/C25H19Cl2N3O3/c1-14-7-5-12-20(15(14)2)30-24(32)21(27)22(25(30)33)28-17-9-6-8-16(13-17)23(31)29-19-11-4-3-10-18(19)26/h3-13,28H,1-2H3,(H,29,31). The van der Waals surface area contributed by atoms with Crippen molar-refractivity contribution in [3.8, 4) is 0 Å². The summed E-state index contributed by atoms with van der Waals surface area (Å²) < 4.78 is 0. The van der Waals surface area contributed by atoms with E-state index in [0.717, 1.165) is 16.0 Å². The highest BCUT2D eigenvalue weighted by molar-refractivity contribution is 6.53. The summed E-state index contributed by atoms with van der Waals surface area (Å²) in [6, 6.07) is 18.8. The third-order valence-corrected chi connectivity index (χ3v) is 6.04. The number of imide groups is 1. The lowest BCUT2D eigenvalue weighted by molar-refractivity contribution is -0.120. The summed E-state index contributed by atoms with van der Waals surface area (Å²) in [4.78, 5) is 39.6. The largest absolute Gasteiger partial charge is 0.350 e. The molecule has 0 aliphatic carbocycles. The number of carbonyl (C=O) groups excluding carboxylic acids is 3. The molecule has 1 aliphatic rings. The van der Waals surface area contributed by atoms with Crippen LogP contribution in [0.2, 0.25) is 5.02 Å². The van der Waals surface area contributed by atoms with Crippen molar-refractivity contribution in [2.75, 3.05) is 15.5 Å². The van der Waals surface area contributed by atoms with Crippen molar-refractivity contribution < 1.29 is 14.4 Å². The molecule has 2 N–H and O–H groups in total. The van der Waals surface area contributed by atoms with Gasteiger partial charge in [0.15, 0.2) is 0 Å². The van der Waals surface area contributed by atoms with Crippen LogP contribution < -0.4 is 15.5 Å². The molecule has 33 heavy (non-hydrogen) atoms. The Bertz CT molecular complexity index is 1330. The van der Waals surface area contributed by atoms with Gasteiger partial charge in [0.25, 0.3) is 17.7 Å². The SMILES string of the molecule is Cc1cccc(N2C(=O)C(Cl)=C(Nc3cccc(C(=O)Nc4ccccc4Cl)c3)C2=O)c1C. The van der Waals surface area contributed by atoms with Gasteiger partial charge in [-0.1, -0.05) is 53.5 Å². The number of carbonyl (C=O) groups is 3. The Balaban J connectivity index is 1.57. The first-order valence-corrected chi connectivity index (χ1v) is 10.8. The summed E-state index contributed by atoms with van der Waals surface area (Å²) in [5.41, 5.74) is 3.43. The van der Waals surface area contributed by atoms with Crippen molar-refractivity contribution in [2.24, 2.45) is 0 Å². The molecule has 0 aromatic heterocycles. The fourth-order valence-corrected chi connectivity index (χ4v) is 3.84. The Hall–Kier alpha value is -3.61. The van der Waals surface area contributed by atoms with E-state index >= 15 is 0 Å². The first kappa shape index (κ1) is 22.6. The quantitative estimate of drug-likeness (QED) is 0.463. The van der Waals surface area contributed by atoms with Crippen LogP contribution in [0.25, 0.3) is 0 Å². The number of nitrogens with zero attached hydrogens (tertiary/aromatic N) is 1. The molecule has 0 saturated heterocycles. The van der Waals surface area contributed by atoms with Crippen LogP contribution in [0.3, 0.4) is 0 Å². The summed E-state index contributed by atoms with van der Waals surface area (Å²) in [6.07, 6.45) is 0. The van der Waals surface area contributed by atoms with Gasteiger partial charge in [0, 0.05) is 11.3 Å². The molecule has 8 heteroatoms. The smallest absolute Gasteiger partial charge is 0.283 e. The van der Waals surface area contributed by atoms with Crippen molar-refractivity contribution in [1.82, 2.24) is 0 Å². The van der Waals surface area contributed by atoms with Gasteiger partial charge in [-0.25, -0.2) is 4.90 Å². The number of para-hydroxylation sites is 1. The summed E-state index contributed by atoms with van der Waals surface area (Å²) in [5, 5.41) is 5.85. The van der Waals surface area contributed by atoms with E-state index < -0.39 is 11.8 Å². The number of rotatable bonds is 5. The lowest BCUT2D eigenvalue weighted by Gasteiger charge is -2.18. The van der Waals surface area contributed by atoms with Gasteiger partial charge in [0.2, 0.25) is 0 Å². The van der Waals surface area contributed by atoms with Gasteiger partial charge < -0.3 is 10.6 Å². The van der Waals surface area contributed by atoms with Gasteiger partial charge in [-0.3, -0.25) is 14.4 Å². The Labute approximate surface area is 200 Å². The molecule has 6 nitrogen and oxygen atoms in total. The van der Waals surface area contributed by atoms with Crippen LogP contribution in [0.15, 0.2) is 77.5 Å². The zero-order valence-corrected chi connectivity index (χ0v) is 19.3. The Kier molecular flexibility index (Phi) is 6.22. The van der Waals surface area contributed by atoms with Crippen LogP contribution >= 0.6 is 23.2 Å². The number of hydrogen-bond acceptors (Lipinski definition) is 4. The number of nitrogens with one attached hydrogen (secondary N) is 2. The van der Waals surface area contributed by atoms with Crippen LogP contribution in [0.5, 0.6) is 0 Å². The molecule has 0 atom stereocenters. The predicted molar refractivity (Wildman–Crippen MR) is 131 cm³/mol. The topological polar surface area (TPSA) is 78.5 Å². The van der Waals surface area contributed by atoms with Gasteiger partial charge >= 0.3 is 0 Å². The van der Waals surface area contributed by atoms with Crippen molar-refractivity contribution in [2.45, 2.75) is 13.8 Å². The van der Waals surface area contributed by atoms with E-state index in [1.165, 1.54) is 0 Å². The molecule has 1 heterocycles. The van der Waals surface area contributed by atoms with Crippen LogP contribution in [-0.2, 0) is 9.59 Å². The third kappa shape index (κ3) is 4.35. The lowest BCUT2D eigenvalue weighted by Crippen LogP contribution is -2.33. The summed E-state index contributed by atoms with van der Waals surface area (Å²) >= 11 is 12.4.